The van der Waals surface area contributed by atoms with Crippen molar-refractivity contribution >= 4 is 17.5 Å². The molecule has 0 aliphatic carbocycles. The summed E-state index contributed by atoms with van der Waals surface area (Å²) in [6.45, 7) is 5.58. The molecule has 0 saturated heterocycles. The van der Waals surface area contributed by atoms with Crippen LogP contribution < -0.4 is 16.8 Å². The van der Waals surface area contributed by atoms with Gasteiger partial charge in [0.2, 0.25) is 5.91 Å². The molecule has 7 heteroatoms. The van der Waals surface area contributed by atoms with Crippen LogP contribution in [0.15, 0.2) is 0 Å². The van der Waals surface area contributed by atoms with Gasteiger partial charge in [-0.3, -0.25) is 14.7 Å². The van der Waals surface area contributed by atoms with Gasteiger partial charge in [-0.25, -0.2) is 0 Å². The minimum absolute atomic E-state index is 0.0765. The average molecular weight is 253 g/mol. The summed E-state index contributed by atoms with van der Waals surface area (Å²) in [5.74, 6) is -0.729. The first-order valence-electron chi connectivity index (χ1n) is 5.75. The molecular weight excluding hydrogens is 234 g/mol. The summed E-state index contributed by atoms with van der Waals surface area (Å²) in [4.78, 5) is 22.6. The van der Waals surface area contributed by atoms with E-state index >= 15 is 0 Å². The highest BCUT2D eigenvalue weighted by molar-refractivity contribution is 5.98. The number of nitrogens with one attached hydrogen (secondary N) is 2. The third-order valence-corrected chi connectivity index (χ3v) is 2.51. The number of nitrogen functional groups attached to an aromatic ring is 1. The zero-order valence-electron chi connectivity index (χ0n) is 10.8. The Kier molecular flexibility index (Phi) is 4.30. The number of anilines is 1. The molecule has 18 heavy (non-hydrogen) atoms. The van der Waals surface area contributed by atoms with Gasteiger partial charge in [-0.2, -0.15) is 5.10 Å². The van der Waals surface area contributed by atoms with Gasteiger partial charge in [0.05, 0.1) is 11.4 Å². The zero-order chi connectivity index (χ0) is 13.9. The van der Waals surface area contributed by atoms with Crippen LogP contribution in [0, 0.1) is 0 Å². The van der Waals surface area contributed by atoms with Crippen molar-refractivity contribution in [3.8, 4) is 0 Å². The molecule has 7 nitrogen and oxygen atoms in total. The Labute approximate surface area is 105 Å². The molecule has 0 aromatic carbocycles. The molecule has 1 heterocycles. The fourth-order valence-corrected chi connectivity index (χ4v) is 1.62. The second-order valence-corrected chi connectivity index (χ2v) is 4.60. The van der Waals surface area contributed by atoms with Crippen molar-refractivity contribution < 1.29 is 9.59 Å². The van der Waals surface area contributed by atoms with Gasteiger partial charge in [0.25, 0.3) is 5.91 Å². The van der Waals surface area contributed by atoms with Crippen LogP contribution in [0.4, 0.5) is 5.69 Å². The van der Waals surface area contributed by atoms with Crippen LogP contribution in [-0.4, -0.2) is 28.1 Å². The monoisotopic (exact) mass is 253 g/mol. The number of rotatable bonds is 5. The van der Waals surface area contributed by atoms with Gasteiger partial charge in [-0.05, 0) is 12.8 Å². The second-order valence-electron chi connectivity index (χ2n) is 4.60. The van der Waals surface area contributed by atoms with Crippen LogP contribution in [0.1, 0.15) is 49.3 Å². The first-order chi connectivity index (χ1) is 8.32. The van der Waals surface area contributed by atoms with Crippen molar-refractivity contribution in [2.75, 3.05) is 5.73 Å². The predicted molar refractivity (Wildman–Crippen MR) is 67.8 cm³/mol. The summed E-state index contributed by atoms with van der Waals surface area (Å²) in [5, 5.41) is 9.25. The van der Waals surface area contributed by atoms with Gasteiger partial charge in [0.1, 0.15) is 0 Å². The third kappa shape index (κ3) is 3.22. The Bertz CT molecular complexity index is 452. The van der Waals surface area contributed by atoms with Gasteiger partial charge >= 0.3 is 0 Å². The average Bonchev–Trinajstić information content (AvgIpc) is 2.58. The molecule has 0 aliphatic heterocycles. The quantitative estimate of drug-likeness (QED) is 0.593. The molecule has 1 rings (SSSR count). The van der Waals surface area contributed by atoms with Crippen molar-refractivity contribution in [1.29, 1.82) is 0 Å². The van der Waals surface area contributed by atoms with Crippen LogP contribution in [0.3, 0.4) is 0 Å². The minimum Gasteiger partial charge on any atom is -0.395 e. The summed E-state index contributed by atoms with van der Waals surface area (Å²) >= 11 is 0. The molecule has 0 spiro atoms. The molecule has 0 saturated carbocycles. The summed E-state index contributed by atoms with van der Waals surface area (Å²) in [6, 6.07) is -0.353. The van der Waals surface area contributed by atoms with Crippen molar-refractivity contribution in [2.24, 2.45) is 5.73 Å². The summed E-state index contributed by atoms with van der Waals surface area (Å²) in [6.07, 6.45) is 0.0765. The van der Waals surface area contributed by atoms with E-state index in [0.29, 0.717) is 5.69 Å². The molecule has 2 amide bonds. The number of primary amides is 1. The van der Waals surface area contributed by atoms with E-state index in [-0.39, 0.29) is 24.1 Å². The van der Waals surface area contributed by atoms with Gasteiger partial charge < -0.3 is 16.8 Å². The van der Waals surface area contributed by atoms with E-state index in [9.17, 15) is 9.59 Å². The molecule has 0 bridgehead atoms. The third-order valence-electron chi connectivity index (χ3n) is 2.51. The molecule has 1 aromatic rings. The van der Waals surface area contributed by atoms with Crippen LogP contribution in [-0.2, 0) is 4.79 Å². The topological polar surface area (TPSA) is 127 Å². The molecule has 100 valence electrons. The number of carbonyl (C=O) groups excluding carboxylic acids is 2. The minimum atomic E-state index is -0.472. The zero-order valence-corrected chi connectivity index (χ0v) is 10.8. The lowest BCUT2D eigenvalue weighted by molar-refractivity contribution is -0.118. The van der Waals surface area contributed by atoms with Crippen LogP contribution in [0.2, 0.25) is 0 Å². The Balaban J connectivity index is 2.76. The van der Waals surface area contributed by atoms with Crippen LogP contribution in [0.25, 0.3) is 0 Å². The first kappa shape index (κ1) is 14.0. The molecule has 0 radical (unpaired) electrons. The van der Waals surface area contributed by atoms with E-state index in [2.05, 4.69) is 15.5 Å². The van der Waals surface area contributed by atoms with E-state index in [1.807, 2.05) is 13.8 Å². The van der Waals surface area contributed by atoms with Gasteiger partial charge in [-0.1, -0.05) is 13.8 Å². The molecular formula is C11H19N5O2. The molecule has 1 atom stereocenters. The fourth-order valence-electron chi connectivity index (χ4n) is 1.62. The van der Waals surface area contributed by atoms with Gasteiger partial charge in [0.15, 0.2) is 5.69 Å². The largest absolute Gasteiger partial charge is 0.395 e. The number of H-pyrrole nitrogens is 1. The maximum atomic E-state index is 11.9. The fraction of sp³-hybridized carbons (Fsp3) is 0.545. The standard InChI is InChI=1S/C11H19N5O2/c1-5(2)9-8(13)10(16-15-9)11(18)14-6(3)4-7(12)17/h5-6H,4,13H2,1-3H3,(H2,12,17)(H,14,18)(H,15,16). The number of nitrogens with two attached hydrogens (primary N) is 2. The Hall–Kier alpha value is -2.05. The lowest BCUT2D eigenvalue weighted by Crippen LogP contribution is -2.36. The first-order valence-corrected chi connectivity index (χ1v) is 5.75. The number of hydrogen-bond acceptors (Lipinski definition) is 4. The van der Waals surface area contributed by atoms with E-state index in [1.165, 1.54) is 0 Å². The number of carbonyl (C=O) groups is 2. The van der Waals surface area contributed by atoms with Crippen molar-refractivity contribution in [2.45, 2.75) is 39.2 Å². The summed E-state index contributed by atoms with van der Waals surface area (Å²) in [7, 11) is 0. The van der Waals surface area contributed by atoms with E-state index < -0.39 is 11.8 Å². The van der Waals surface area contributed by atoms with Crippen molar-refractivity contribution in [3.05, 3.63) is 11.4 Å². The lowest BCUT2D eigenvalue weighted by atomic mass is 10.1. The Morgan fingerprint density at radius 1 is 1.39 bits per heavy atom. The molecule has 6 N–H and O–H groups in total. The highest BCUT2D eigenvalue weighted by Gasteiger charge is 2.20. The van der Waals surface area contributed by atoms with Gasteiger partial charge in [0, 0.05) is 12.5 Å². The highest BCUT2D eigenvalue weighted by Crippen LogP contribution is 2.21. The molecule has 0 fully saturated rings. The number of aromatic nitrogens is 2. The smallest absolute Gasteiger partial charge is 0.274 e. The normalized spacial score (nSPS) is 12.4. The molecule has 1 aromatic heterocycles. The van der Waals surface area contributed by atoms with Crippen LogP contribution >= 0.6 is 0 Å². The molecule has 0 aliphatic rings. The van der Waals surface area contributed by atoms with Gasteiger partial charge in [-0.15, -0.1) is 0 Å². The van der Waals surface area contributed by atoms with E-state index in [1.54, 1.807) is 6.92 Å². The van der Waals surface area contributed by atoms with Crippen molar-refractivity contribution in [1.82, 2.24) is 15.5 Å². The molecule has 1 unspecified atom stereocenters. The number of hydrogen-bond donors (Lipinski definition) is 4. The number of nitrogens with zero attached hydrogens (tertiary/aromatic N) is 1. The Morgan fingerprint density at radius 2 is 2.00 bits per heavy atom. The number of aromatic amines is 1. The predicted octanol–water partition coefficient (Wildman–Crippen LogP) is 0.109. The maximum Gasteiger partial charge on any atom is 0.274 e. The van der Waals surface area contributed by atoms with E-state index in [0.717, 1.165) is 5.69 Å². The van der Waals surface area contributed by atoms with E-state index in [4.69, 9.17) is 11.5 Å². The number of amides is 2. The maximum absolute atomic E-state index is 11.9. The van der Waals surface area contributed by atoms with Crippen molar-refractivity contribution in [3.63, 3.8) is 0 Å². The summed E-state index contributed by atoms with van der Waals surface area (Å²) < 4.78 is 0. The Morgan fingerprint density at radius 3 is 2.44 bits per heavy atom. The SMILES string of the molecule is CC(CC(N)=O)NC(=O)c1n[nH]c(C(C)C)c1N. The highest BCUT2D eigenvalue weighted by atomic mass is 16.2. The lowest BCUT2D eigenvalue weighted by Gasteiger charge is -2.11. The second kappa shape index (κ2) is 5.52. The summed E-state index contributed by atoms with van der Waals surface area (Å²) in [5.41, 5.74) is 12.1. The van der Waals surface area contributed by atoms with Crippen LogP contribution in [0.5, 0.6) is 0 Å².